The van der Waals surface area contributed by atoms with Crippen molar-refractivity contribution < 1.29 is 4.42 Å². The Labute approximate surface area is 88.7 Å². The van der Waals surface area contributed by atoms with E-state index in [1.54, 1.807) is 6.26 Å². The first-order chi connectivity index (χ1) is 6.88. The molecule has 1 atom stereocenters. The molecule has 0 aromatic carbocycles. The monoisotopic (exact) mass is 212 g/mol. The number of hydrogen-bond acceptors (Lipinski definition) is 4. The number of nitrogens with one attached hydrogen (secondary N) is 1. The maximum atomic E-state index is 5.41. The first-order valence-electron chi connectivity index (χ1n) is 5.08. The van der Waals surface area contributed by atoms with Crippen LogP contribution in [0.1, 0.15) is 24.4 Å². The number of nitrogens with zero attached hydrogens (tertiary/aromatic N) is 1. The summed E-state index contributed by atoms with van der Waals surface area (Å²) in [6.07, 6.45) is 5.41. The number of oxazole rings is 1. The van der Waals surface area contributed by atoms with Gasteiger partial charge >= 0.3 is 0 Å². The van der Waals surface area contributed by atoms with Gasteiger partial charge in [0.15, 0.2) is 5.89 Å². The molecule has 2 rings (SSSR count). The highest BCUT2D eigenvalue weighted by molar-refractivity contribution is 8.00. The van der Waals surface area contributed by atoms with E-state index in [0.29, 0.717) is 0 Å². The number of hydrogen-bond donors (Lipinski definition) is 1. The summed E-state index contributed by atoms with van der Waals surface area (Å²) >= 11 is 2.04. The number of thioether (sulfide) groups is 1. The van der Waals surface area contributed by atoms with E-state index in [-0.39, 0.29) is 0 Å². The van der Waals surface area contributed by atoms with Crippen LogP contribution in [0.5, 0.6) is 0 Å². The van der Waals surface area contributed by atoms with Gasteiger partial charge in [0.25, 0.3) is 0 Å². The van der Waals surface area contributed by atoms with Gasteiger partial charge < -0.3 is 9.73 Å². The van der Waals surface area contributed by atoms with Crippen molar-refractivity contribution in [1.29, 1.82) is 0 Å². The van der Waals surface area contributed by atoms with Crippen molar-refractivity contribution in [3.8, 4) is 0 Å². The number of aromatic nitrogens is 1. The highest BCUT2D eigenvalue weighted by Crippen LogP contribution is 2.28. The van der Waals surface area contributed by atoms with E-state index in [1.165, 1.54) is 18.6 Å². The Balaban J connectivity index is 1.88. The molecule has 0 radical (unpaired) electrons. The van der Waals surface area contributed by atoms with E-state index in [2.05, 4.69) is 10.3 Å². The van der Waals surface area contributed by atoms with Crippen LogP contribution in [0.2, 0.25) is 0 Å². The van der Waals surface area contributed by atoms with Gasteiger partial charge in [-0.1, -0.05) is 0 Å². The molecule has 3 nitrogen and oxygen atoms in total. The lowest BCUT2D eigenvalue weighted by Gasteiger charge is -2.02. The summed E-state index contributed by atoms with van der Waals surface area (Å²) in [4.78, 5) is 4.42. The van der Waals surface area contributed by atoms with E-state index in [9.17, 15) is 0 Å². The molecule has 1 aromatic heterocycles. The molecule has 1 fully saturated rings. The Hall–Kier alpha value is -0.480. The quantitative estimate of drug-likeness (QED) is 0.826. The summed E-state index contributed by atoms with van der Waals surface area (Å²) < 4.78 is 5.41. The first kappa shape index (κ1) is 10.1. The summed E-state index contributed by atoms with van der Waals surface area (Å²) in [6.45, 7) is 0.793. The highest BCUT2D eigenvalue weighted by atomic mass is 32.2. The summed E-state index contributed by atoms with van der Waals surface area (Å²) in [5.74, 6) is 2.20. The summed E-state index contributed by atoms with van der Waals surface area (Å²) in [7, 11) is 1.92. The van der Waals surface area contributed by atoms with Crippen LogP contribution in [0.3, 0.4) is 0 Å². The Morgan fingerprint density at radius 1 is 1.71 bits per heavy atom. The SMILES string of the molecule is CNCc1coc(CC2CCCS2)n1. The molecule has 0 saturated carbocycles. The largest absolute Gasteiger partial charge is 0.449 e. The van der Waals surface area contributed by atoms with Crippen LogP contribution in [-0.2, 0) is 13.0 Å². The van der Waals surface area contributed by atoms with Gasteiger partial charge in [-0.25, -0.2) is 4.98 Å². The van der Waals surface area contributed by atoms with Gasteiger partial charge in [0.05, 0.1) is 5.69 Å². The predicted octanol–water partition coefficient (Wildman–Crippen LogP) is 1.83. The van der Waals surface area contributed by atoms with Crippen molar-refractivity contribution >= 4 is 11.8 Å². The minimum atomic E-state index is 0.732. The molecule has 0 amide bonds. The summed E-state index contributed by atoms with van der Waals surface area (Å²) in [5, 5.41) is 3.80. The Morgan fingerprint density at radius 3 is 3.36 bits per heavy atom. The molecular formula is C10H16N2OS. The molecule has 1 aliphatic rings. The first-order valence-corrected chi connectivity index (χ1v) is 6.13. The van der Waals surface area contributed by atoms with Gasteiger partial charge in [-0.2, -0.15) is 11.8 Å². The lowest BCUT2D eigenvalue weighted by atomic mass is 10.2. The Kier molecular flexibility index (Phi) is 3.48. The third kappa shape index (κ3) is 2.51. The zero-order chi connectivity index (χ0) is 9.80. The average Bonchev–Trinajstić information content (AvgIpc) is 2.79. The zero-order valence-corrected chi connectivity index (χ0v) is 9.27. The molecule has 1 aromatic rings. The van der Waals surface area contributed by atoms with E-state index in [1.807, 2.05) is 18.8 Å². The van der Waals surface area contributed by atoms with Crippen LogP contribution >= 0.6 is 11.8 Å². The van der Waals surface area contributed by atoms with E-state index >= 15 is 0 Å². The molecule has 1 saturated heterocycles. The topological polar surface area (TPSA) is 38.1 Å². The van der Waals surface area contributed by atoms with Crippen molar-refractivity contribution in [2.24, 2.45) is 0 Å². The fraction of sp³-hybridized carbons (Fsp3) is 0.700. The molecule has 1 unspecified atom stereocenters. The molecule has 14 heavy (non-hydrogen) atoms. The molecule has 0 aliphatic carbocycles. The lowest BCUT2D eigenvalue weighted by molar-refractivity contribution is 0.488. The van der Waals surface area contributed by atoms with Crippen molar-refractivity contribution in [1.82, 2.24) is 10.3 Å². The van der Waals surface area contributed by atoms with Gasteiger partial charge in [0.1, 0.15) is 6.26 Å². The van der Waals surface area contributed by atoms with Crippen molar-refractivity contribution in [2.45, 2.75) is 31.1 Å². The van der Waals surface area contributed by atoms with Gasteiger partial charge in [-0.15, -0.1) is 0 Å². The zero-order valence-electron chi connectivity index (χ0n) is 8.45. The summed E-state index contributed by atoms with van der Waals surface area (Å²) in [6, 6.07) is 0. The Bertz CT molecular complexity index is 281. The molecule has 2 heterocycles. The standard InChI is InChI=1S/C10H16N2OS/c1-11-6-8-7-13-10(12-8)5-9-3-2-4-14-9/h7,9,11H,2-6H2,1H3. The van der Waals surface area contributed by atoms with Crippen molar-refractivity contribution in [3.05, 3.63) is 17.8 Å². The summed E-state index contributed by atoms with van der Waals surface area (Å²) in [5.41, 5.74) is 1.01. The van der Waals surface area contributed by atoms with Gasteiger partial charge in [-0.3, -0.25) is 0 Å². The van der Waals surface area contributed by atoms with Crippen molar-refractivity contribution in [3.63, 3.8) is 0 Å². The fourth-order valence-electron chi connectivity index (χ4n) is 1.71. The molecule has 0 spiro atoms. The van der Waals surface area contributed by atoms with Crippen molar-refractivity contribution in [2.75, 3.05) is 12.8 Å². The van der Waals surface area contributed by atoms with E-state index in [0.717, 1.165) is 29.8 Å². The molecule has 4 heteroatoms. The van der Waals surface area contributed by atoms with E-state index in [4.69, 9.17) is 4.42 Å². The molecule has 1 aliphatic heterocycles. The van der Waals surface area contributed by atoms with Crippen LogP contribution in [0.4, 0.5) is 0 Å². The molecule has 78 valence electrons. The second-order valence-corrected chi connectivity index (χ2v) is 5.01. The highest BCUT2D eigenvalue weighted by Gasteiger charge is 2.18. The smallest absolute Gasteiger partial charge is 0.195 e. The fourth-order valence-corrected chi connectivity index (χ4v) is 2.97. The van der Waals surface area contributed by atoms with Crippen LogP contribution in [0.25, 0.3) is 0 Å². The maximum absolute atomic E-state index is 5.41. The molecule has 1 N–H and O–H groups in total. The van der Waals surface area contributed by atoms with Crippen LogP contribution in [-0.4, -0.2) is 23.0 Å². The van der Waals surface area contributed by atoms with E-state index < -0.39 is 0 Å². The third-order valence-corrected chi connectivity index (χ3v) is 3.78. The lowest BCUT2D eigenvalue weighted by Crippen LogP contribution is -2.06. The van der Waals surface area contributed by atoms with Gasteiger partial charge in [0.2, 0.25) is 0 Å². The van der Waals surface area contributed by atoms with Crippen LogP contribution in [0.15, 0.2) is 10.7 Å². The second kappa shape index (κ2) is 4.84. The minimum Gasteiger partial charge on any atom is -0.449 e. The number of rotatable bonds is 4. The maximum Gasteiger partial charge on any atom is 0.195 e. The van der Waals surface area contributed by atoms with Crippen LogP contribution < -0.4 is 5.32 Å². The normalized spacial score (nSPS) is 21.6. The Morgan fingerprint density at radius 2 is 2.64 bits per heavy atom. The van der Waals surface area contributed by atoms with Gasteiger partial charge in [-0.05, 0) is 25.6 Å². The molecule has 0 bridgehead atoms. The molecular weight excluding hydrogens is 196 g/mol. The average molecular weight is 212 g/mol. The van der Waals surface area contributed by atoms with Crippen LogP contribution in [0, 0.1) is 0 Å². The van der Waals surface area contributed by atoms with Gasteiger partial charge in [0, 0.05) is 18.2 Å². The third-order valence-electron chi connectivity index (χ3n) is 2.38. The second-order valence-electron chi connectivity index (χ2n) is 3.60. The minimum absolute atomic E-state index is 0.732. The predicted molar refractivity (Wildman–Crippen MR) is 58.5 cm³/mol.